The third kappa shape index (κ3) is 4.88. The van der Waals surface area contributed by atoms with Crippen LogP contribution < -0.4 is 4.74 Å². The van der Waals surface area contributed by atoms with Crippen molar-refractivity contribution in [1.82, 2.24) is 0 Å². The Hall–Kier alpha value is -1.85. The van der Waals surface area contributed by atoms with E-state index in [0.29, 0.717) is 15.7 Å². The highest BCUT2D eigenvalue weighted by Crippen LogP contribution is 2.19. The summed E-state index contributed by atoms with van der Waals surface area (Å²) in [5, 5.41) is 0. The molecule has 2 rings (SSSR count). The van der Waals surface area contributed by atoms with Gasteiger partial charge in [-0.3, -0.25) is 0 Å². The highest BCUT2D eigenvalue weighted by atomic mass is 32.2. The number of esters is 1. The first-order valence-electron chi connectivity index (χ1n) is 6.26. The maximum atomic E-state index is 11.3. The molecular weight excluding hydrogens is 304 g/mol. The number of benzene rings is 2. The lowest BCUT2D eigenvalue weighted by Crippen LogP contribution is -2.03. The van der Waals surface area contributed by atoms with Crippen molar-refractivity contribution in [2.75, 3.05) is 7.11 Å². The summed E-state index contributed by atoms with van der Waals surface area (Å²) in [5.74, 6) is 0.996. The summed E-state index contributed by atoms with van der Waals surface area (Å²) in [4.78, 5) is 11.3. The second-order valence-electron chi connectivity index (χ2n) is 4.14. The topological polar surface area (TPSA) is 35.5 Å². The van der Waals surface area contributed by atoms with Crippen molar-refractivity contribution in [1.29, 1.82) is 0 Å². The summed E-state index contributed by atoms with van der Waals surface area (Å²) < 4.78 is 10.6. The molecule has 0 atom stereocenters. The molecule has 0 aliphatic carbocycles. The molecule has 0 aliphatic heterocycles. The molecule has 21 heavy (non-hydrogen) atoms. The first kappa shape index (κ1) is 15.5. The fraction of sp³-hybridized carbons (Fsp3) is 0.125. The van der Waals surface area contributed by atoms with Crippen molar-refractivity contribution in [2.24, 2.45) is 0 Å². The summed E-state index contributed by atoms with van der Waals surface area (Å²) in [5.41, 5.74) is 1.67. The van der Waals surface area contributed by atoms with Crippen LogP contribution in [0.2, 0.25) is 0 Å². The Morgan fingerprint density at radius 1 is 1.10 bits per heavy atom. The van der Waals surface area contributed by atoms with E-state index in [-0.39, 0.29) is 5.97 Å². The van der Waals surface area contributed by atoms with Crippen molar-refractivity contribution >= 4 is 34.3 Å². The summed E-state index contributed by atoms with van der Waals surface area (Å²) >= 11 is 6.65. The summed E-state index contributed by atoms with van der Waals surface area (Å²) in [6, 6.07) is 16.7. The second-order valence-corrected chi connectivity index (χ2v) is 5.72. The molecule has 0 aliphatic rings. The van der Waals surface area contributed by atoms with Crippen LogP contribution in [0.15, 0.2) is 54.6 Å². The number of thioether (sulfide) groups is 1. The molecule has 0 aromatic heterocycles. The van der Waals surface area contributed by atoms with E-state index in [0.717, 1.165) is 5.75 Å². The zero-order chi connectivity index (χ0) is 15.1. The van der Waals surface area contributed by atoms with Gasteiger partial charge in [0.25, 0.3) is 0 Å². The third-order valence-corrected chi connectivity index (χ3v) is 3.91. The van der Waals surface area contributed by atoms with E-state index in [4.69, 9.17) is 17.0 Å². The minimum Gasteiger partial charge on any atom is -0.465 e. The Morgan fingerprint density at radius 2 is 1.76 bits per heavy atom. The van der Waals surface area contributed by atoms with Crippen LogP contribution in [-0.4, -0.2) is 17.5 Å². The average Bonchev–Trinajstić information content (AvgIpc) is 2.54. The van der Waals surface area contributed by atoms with Gasteiger partial charge >= 0.3 is 5.97 Å². The molecule has 2 aromatic carbocycles. The van der Waals surface area contributed by atoms with Crippen LogP contribution in [0.25, 0.3) is 0 Å². The molecule has 2 aromatic rings. The Labute approximate surface area is 133 Å². The van der Waals surface area contributed by atoms with Gasteiger partial charge in [-0.15, -0.1) is 0 Å². The van der Waals surface area contributed by atoms with E-state index >= 15 is 0 Å². The van der Waals surface area contributed by atoms with Gasteiger partial charge in [0.2, 0.25) is 4.38 Å². The van der Waals surface area contributed by atoms with E-state index in [2.05, 4.69) is 4.74 Å². The van der Waals surface area contributed by atoms with Gasteiger partial charge in [-0.25, -0.2) is 4.79 Å². The van der Waals surface area contributed by atoms with Crippen LogP contribution in [0.4, 0.5) is 0 Å². The molecular formula is C16H14O3S2. The molecule has 0 saturated carbocycles. The highest BCUT2D eigenvalue weighted by Gasteiger charge is 2.06. The second kappa shape index (κ2) is 7.81. The van der Waals surface area contributed by atoms with Crippen molar-refractivity contribution in [3.8, 4) is 5.75 Å². The fourth-order valence-electron chi connectivity index (χ4n) is 1.62. The third-order valence-electron chi connectivity index (χ3n) is 2.68. The molecule has 0 unspecified atom stereocenters. The van der Waals surface area contributed by atoms with Gasteiger partial charge < -0.3 is 9.47 Å². The standard InChI is InChI=1S/C16H14O3S2/c1-18-15(17)13-7-9-14(10-8-13)19-16(20)21-11-12-5-3-2-4-6-12/h2-10H,11H2,1H3. The summed E-state index contributed by atoms with van der Waals surface area (Å²) in [6.07, 6.45) is 0. The minimum atomic E-state index is -0.373. The van der Waals surface area contributed by atoms with Crippen molar-refractivity contribution < 1.29 is 14.3 Å². The maximum Gasteiger partial charge on any atom is 0.337 e. The Morgan fingerprint density at radius 3 is 2.38 bits per heavy atom. The minimum absolute atomic E-state index is 0.373. The molecule has 0 saturated heterocycles. The van der Waals surface area contributed by atoms with E-state index in [1.807, 2.05) is 30.3 Å². The molecule has 0 bridgehead atoms. The van der Waals surface area contributed by atoms with Crippen LogP contribution in [0.3, 0.4) is 0 Å². The SMILES string of the molecule is COC(=O)c1ccc(OC(=S)SCc2ccccc2)cc1. The molecule has 5 heteroatoms. The number of carbonyl (C=O) groups is 1. The van der Waals surface area contributed by atoms with Gasteiger partial charge in [-0.05, 0) is 42.0 Å². The smallest absolute Gasteiger partial charge is 0.337 e. The Balaban J connectivity index is 1.86. The lowest BCUT2D eigenvalue weighted by molar-refractivity contribution is 0.0600. The van der Waals surface area contributed by atoms with Gasteiger partial charge in [-0.1, -0.05) is 42.1 Å². The van der Waals surface area contributed by atoms with E-state index in [9.17, 15) is 4.79 Å². The average molecular weight is 318 g/mol. The van der Waals surface area contributed by atoms with Crippen LogP contribution in [0.5, 0.6) is 5.75 Å². The van der Waals surface area contributed by atoms with Crippen LogP contribution >= 0.6 is 24.0 Å². The quantitative estimate of drug-likeness (QED) is 0.627. The van der Waals surface area contributed by atoms with Gasteiger partial charge in [-0.2, -0.15) is 0 Å². The highest BCUT2D eigenvalue weighted by molar-refractivity contribution is 8.22. The van der Waals surface area contributed by atoms with E-state index in [1.54, 1.807) is 24.3 Å². The largest absolute Gasteiger partial charge is 0.465 e. The van der Waals surface area contributed by atoms with Gasteiger partial charge in [0.1, 0.15) is 5.75 Å². The van der Waals surface area contributed by atoms with Gasteiger partial charge in [0.05, 0.1) is 12.7 Å². The Bertz CT molecular complexity index is 609. The lowest BCUT2D eigenvalue weighted by atomic mass is 10.2. The molecule has 0 radical (unpaired) electrons. The van der Waals surface area contributed by atoms with Gasteiger partial charge in [0, 0.05) is 5.75 Å². The van der Waals surface area contributed by atoms with Crippen LogP contribution in [-0.2, 0) is 10.5 Å². The first-order chi connectivity index (χ1) is 10.2. The van der Waals surface area contributed by atoms with Crippen LogP contribution in [0.1, 0.15) is 15.9 Å². The molecule has 0 heterocycles. The summed E-state index contributed by atoms with van der Waals surface area (Å²) in [7, 11) is 1.35. The van der Waals surface area contributed by atoms with Crippen molar-refractivity contribution in [3.63, 3.8) is 0 Å². The zero-order valence-electron chi connectivity index (χ0n) is 11.4. The molecule has 0 amide bonds. The van der Waals surface area contributed by atoms with Crippen molar-refractivity contribution in [2.45, 2.75) is 5.75 Å². The molecule has 3 nitrogen and oxygen atoms in total. The molecule has 108 valence electrons. The summed E-state index contributed by atoms with van der Waals surface area (Å²) in [6.45, 7) is 0. The number of thiocarbonyl (C=S) groups is 1. The zero-order valence-corrected chi connectivity index (χ0v) is 13.1. The maximum absolute atomic E-state index is 11.3. The monoisotopic (exact) mass is 318 g/mol. The van der Waals surface area contributed by atoms with Gasteiger partial charge in [0.15, 0.2) is 0 Å². The number of hydrogen-bond acceptors (Lipinski definition) is 5. The lowest BCUT2D eigenvalue weighted by Gasteiger charge is -2.07. The number of ether oxygens (including phenoxy) is 2. The van der Waals surface area contributed by atoms with E-state index in [1.165, 1.54) is 24.4 Å². The predicted molar refractivity (Wildman–Crippen MR) is 88.7 cm³/mol. The number of hydrogen-bond donors (Lipinski definition) is 0. The predicted octanol–water partition coefficient (Wildman–Crippen LogP) is 4.07. The molecule has 0 spiro atoms. The molecule has 0 fully saturated rings. The Kier molecular flexibility index (Phi) is 5.78. The van der Waals surface area contributed by atoms with Crippen LogP contribution in [0, 0.1) is 0 Å². The first-order valence-corrected chi connectivity index (χ1v) is 7.65. The number of methoxy groups -OCH3 is 1. The van der Waals surface area contributed by atoms with E-state index < -0.39 is 0 Å². The number of rotatable bonds is 4. The van der Waals surface area contributed by atoms with Crippen molar-refractivity contribution in [3.05, 3.63) is 65.7 Å². The fourth-order valence-corrected chi connectivity index (χ4v) is 2.52. The number of carbonyl (C=O) groups excluding carboxylic acids is 1. The normalized spacial score (nSPS) is 9.95. The molecule has 0 N–H and O–H groups in total.